The lowest BCUT2D eigenvalue weighted by atomic mass is 10.2. The highest BCUT2D eigenvalue weighted by atomic mass is 15.3. The summed E-state index contributed by atoms with van der Waals surface area (Å²) in [6.07, 6.45) is 6.26. The molecule has 2 unspecified atom stereocenters. The van der Waals surface area contributed by atoms with E-state index in [1.165, 1.54) is 12.8 Å². The van der Waals surface area contributed by atoms with Gasteiger partial charge in [-0.25, -0.2) is 0 Å². The molecule has 2 atom stereocenters. The van der Waals surface area contributed by atoms with Crippen LogP contribution in [0.2, 0.25) is 0 Å². The molecule has 0 radical (unpaired) electrons. The van der Waals surface area contributed by atoms with Gasteiger partial charge in [0, 0.05) is 23.8 Å². The Kier molecular flexibility index (Phi) is 3.48. The van der Waals surface area contributed by atoms with Crippen molar-refractivity contribution in [2.45, 2.75) is 45.7 Å². The molecule has 0 aliphatic heterocycles. The number of nitrogens with zero attached hydrogens (tertiary/aromatic N) is 2. The van der Waals surface area contributed by atoms with Crippen molar-refractivity contribution < 1.29 is 0 Å². The predicted molar refractivity (Wildman–Crippen MR) is 54.4 cm³/mol. The van der Waals surface area contributed by atoms with E-state index in [1.54, 1.807) is 0 Å². The molecule has 3 nitrogen and oxygen atoms in total. The smallest absolute Gasteiger partial charge is 0.0537 e. The van der Waals surface area contributed by atoms with E-state index >= 15 is 0 Å². The molecule has 0 bridgehead atoms. The zero-order valence-electron chi connectivity index (χ0n) is 8.70. The molecule has 74 valence electrons. The van der Waals surface area contributed by atoms with Crippen molar-refractivity contribution >= 4 is 0 Å². The van der Waals surface area contributed by atoms with Gasteiger partial charge in [0.2, 0.25) is 0 Å². The van der Waals surface area contributed by atoms with Crippen LogP contribution in [-0.2, 0) is 0 Å². The van der Waals surface area contributed by atoms with Crippen LogP contribution in [0.3, 0.4) is 0 Å². The van der Waals surface area contributed by atoms with Crippen molar-refractivity contribution in [2.75, 3.05) is 0 Å². The highest BCUT2D eigenvalue weighted by Crippen LogP contribution is 2.15. The lowest BCUT2D eigenvalue weighted by molar-refractivity contribution is 0.454. The summed E-state index contributed by atoms with van der Waals surface area (Å²) in [7, 11) is 0. The van der Waals surface area contributed by atoms with Crippen molar-refractivity contribution in [1.82, 2.24) is 9.78 Å². The van der Waals surface area contributed by atoms with E-state index in [9.17, 15) is 0 Å². The fraction of sp³-hybridized carbons (Fsp3) is 0.700. The van der Waals surface area contributed by atoms with E-state index in [0.717, 1.165) is 5.56 Å². The van der Waals surface area contributed by atoms with Crippen LogP contribution >= 0.6 is 0 Å². The summed E-state index contributed by atoms with van der Waals surface area (Å²) in [5.74, 6) is 0. The van der Waals surface area contributed by atoms with Crippen LogP contribution < -0.4 is 5.73 Å². The zero-order valence-corrected chi connectivity index (χ0v) is 8.70. The Hall–Kier alpha value is -0.830. The first kappa shape index (κ1) is 10.3. The topological polar surface area (TPSA) is 43.8 Å². The first-order valence-corrected chi connectivity index (χ1v) is 4.94. The van der Waals surface area contributed by atoms with Crippen LogP contribution in [0, 0.1) is 0 Å². The first-order chi connectivity index (χ1) is 6.15. The number of nitrogens with two attached hydrogens (primary N) is 1. The van der Waals surface area contributed by atoms with E-state index < -0.39 is 0 Å². The molecule has 0 spiro atoms. The Balaban J connectivity index is 2.67. The minimum absolute atomic E-state index is 0.0857. The molecule has 13 heavy (non-hydrogen) atoms. The van der Waals surface area contributed by atoms with E-state index in [2.05, 4.69) is 18.9 Å². The summed E-state index contributed by atoms with van der Waals surface area (Å²) in [4.78, 5) is 0. The van der Waals surface area contributed by atoms with Crippen molar-refractivity contribution in [3.05, 3.63) is 18.0 Å². The average Bonchev–Trinajstić information content (AvgIpc) is 2.52. The van der Waals surface area contributed by atoms with Crippen LogP contribution in [0.4, 0.5) is 0 Å². The molecule has 0 aromatic carbocycles. The van der Waals surface area contributed by atoms with E-state index in [1.807, 2.05) is 24.0 Å². The average molecular weight is 181 g/mol. The molecule has 2 N–H and O–H groups in total. The third-order valence-corrected chi connectivity index (χ3v) is 2.31. The lowest BCUT2D eigenvalue weighted by Crippen LogP contribution is -2.06. The van der Waals surface area contributed by atoms with Crippen LogP contribution in [0.5, 0.6) is 0 Å². The maximum atomic E-state index is 5.75. The molecular formula is C10H19N3. The number of hydrogen-bond acceptors (Lipinski definition) is 2. The molecule has 3 heteroatoms. The molecule has 1 rings (SSSR count). The minimum atomic E-state index is 0.0857. The molecule has 1 aromatic heterocycles. The summed E-state index contributed by atoms with van der Waals surface area (Å²) in [6, 6.07) is 0.570. The molecule has 0 aliphatic rings. The van der Waals surface area contributed by atoms with Crippen LogP contribution in [0.1, 0.15) is 51.3 Å². The Morgan fingerprint density at radius 3 is 2.69 bits per heavy atom. The van der Waals surface area contributed by atoms with Crippen molar-refractivity contribution in [3.8, 4) is 0 Å². The molecule has 0 saturated heterocycles. The fourth-order valence-corrected chi connectivity index (χ4v) is 1.38. The second kappa shape index (κ2) is 4.42. The molecule has 1 aromatic rings. The number of hydrogen-bond donors (Lipinski definition) is 1. The third kappa shape index (κ3) is 2.56. The van der Waals surface area contributed by atoms with Gasteiger partial charge in [-0.05, 0) is 20.3 Å². The van der Waals surface area contributed by atoms with Gasteiger partial charge in [-0.15, -0.1) is 0 Å². The van der Waals surface area contributed by atoms with Gasteiger partial charge in [0.05, 0.1) is 6.20 Å². The van der Waals surface area contributed by atoms with E-state index in [0.29, 0.717) is 6.04 Å². The minimum Gasteiger partial charge on any atom is -0.324 e. The fourth-order valence-electron chi connectivity index (χ4n) is 1.38. The number of aromatic nitrogens is 2. The van der Waals surface area contributed by atoms with Gasteiger partial charge in [0.25, 0.3) is 0 Å². The SMILES string of the molecule is CCCC(C)n1cc(C(C)N)cn1. The summed E-state index contributed by atoms with van der Waals surface area (Å²) in [5.41, 5.74) is 6.86. The first-order valence-electron chi connectivity index (χ1n) is 4.94. The molecule has 0 aliphatic carbocycles. The third-order valence-electron chi connectivity index (χ3n) is 2.31. The Morgan fingerprint density at radius 1 is 1.54 bits per heavy atom. The highest BCUT2D eigenvalue weighted by Gasteiger charge is 2.07. The Bertz CT molecular complexity index is 252. The van der Waals surface area contributed by atoms with Crippen molar-refractivity contribution in [1.29, 1.82) is 0 Å². The van der Waals surface area contributed by atoms with Crippen LogP contribution in [-0.4, -0.2) is 9.78 Å². The molecule has 1 heterocycles. The molecule has 0 fully saturated rings. The predicted octanol–water partition coefficient (Wildman–Crippen LogP) is 2.26. The Labute approximate surface area is 79.9 Å². The second-order valence-corrected chi connectivity index (χ2v) is 3.68. The van der Waals surface area contributed by atoms with Gasteiger partial charge >= 0.3 is 0 Å². The number of rotatable bonds is 4. The summed E-state index contributed by atoms with van der Waals surface area (Å²) in [6.45, 7) is 6.35. The normalized spacial score (nSPS) is 15.7. The summed E-state index contributed by atoms with van der Waals surface area (Å²) >= 11 is 0. The van der Waals surface area contributed by atoms with Gasteiger partial charge < -0.3 is 5.73 Å². The standard InChI is InChI=1S/C10H19N3/c1-4-5-8(2)13-7-10(6-12-13)9(3)11/h6-9H,4-5,11H2,1-3H3. The van der Waals surface area contributed by atoms with Crippen LogP contribution in [0.25, 0.3) is 0 Å². The lowest BCUT2D eigenvalue weighted by Gasteiger charge is -2.10. The quantitative estimate of drug-likeness (QED) is 0.774. The van der Waals surface area contributed by atoms with Gasteiger partial charge in [-0.1, -0.05) is 13.3 Å². The van der Waals surface area contributed by atoms with Crippen molar-refractivity contribution in [3.63, 3.8) is 0 Å². The largest absolute Gasteiger partial charge is 0.324 e. The van der Waals surface area contributed by atoms with Crippen molar-refractivity contribution in [2.24, 2.45) is 5.73 Å². The van der Waals surface area contributed by atoms with Gasteiger partial charge in [-0.3, -0.25) is 4.68 Å². The van der Waals surface area contributed by atoms with Gasteiger partial charge in [-0.2, -0.15) is 5.10 Å². The second-order valence-electron chi connectivity index (χ2n) is 3.68. The summed E-state index contributed by atoms with van der Waals surface area (Å²) in [5, 5.41) is 4.29. The molecular weight excluding hydrogens is 162 g/mol. The van der Waals surface area contributed by atoms with E-state index in [-0.39, 0.29) is 6.04 Å². The highest BCUT2D eigenvalue weighted by molar-refractivity contribution is 5.08. The summed E-state index contributed by atoms with van der Waals surface area (Å²) < 4.78 is 2.00. The van der Waals surface area contributed by atoms with E-state index in [4.69, 9.17) is 5.73 Å². The molecule has 0 saturated carbocycles. The van der Waals surface area contributed by atoms with Gasteiger partial charge in [0.1, 0.15) is 0 Å². The van der Waals surface area contributed by atoms with Gasteiger partial charge in [0.15, 0.2) is 0 Å². The molecule has 0 amide bonds. The Morgan fingerprint density at radius 2 is 2.23 bits per heavy atom. The van der Waals surface area contributed by atoms with Crippen LogP contribution in [0.15, 0.2) is 12.4 Å². The monoisotopic (exact) mass is 181 g/mol. The zero-order chi connectivity index (χ0) is 9.84. The maximum absolute atomic E-state index is 5.75. The maximum Gasteiger partial charge on any atom is 0.0537 e.